The summed E-state index contributed by atoms with van der Waals surface area (Å²) in [6, 6.07) is 15.5. The van der Waals surface area contributed by atoms with E-state index >= 15 is 0 Å². The molecule has 0 amide bonds. The Balaban J connectivity index is 1.60. The predicted octanol–water partition coefficient (Wildman–Crippen LogP) is 7.00. The van der Waals surface area contributed by atoms with Crippen molar-refractivity contribution in [2.75, 3.05) is 9.80 Å². The molecule has 0 saturated carbocycles. The zero-order valence-corrected chi connectivity index (χ0v) is 18.5. The molecule has 1 aromatic heterocycles. The largest absolute Gasteiger partial charge is 0.342 e. The molecule has 2 aromatic rings. The molecular formula is C27H33N3. The van der Waals surface area contributed by atoms with Crippen LogP contribution in [0.4, 0.5) is 17.2 Å². The summed E-state index contributed by atoms with van der Waals surface area (Å²) < 4.78 is 0. The van der Waals surface area contributed by atoms with E-state index in [9.17, 15) is 0 Å². The van der Waals surface area contributed by atoms with Crippen LogP contribution in [-0.2, 0) is 0 Å². The molecule has 0 saturated heterocycles. The third-order valence-electron chi connectivity index (χ3n) is 7.22. The number of pyridine rings is 1. The lowest BCUT2D eigenvalue weighted by Gasteiger charge is -2.41. The van der Waals surface area contributed by atoms with E-state index in [1.54, 1.807) is 11.1 Å². The van der Waals surface area contributed by atoms with Crippen LogP contribution in [0.25, 0.3) is 0 Å². The van der Waals surface area contributed by atoms with Crippen molar-refractivity contribution in [3.8, 4) is 0 Å². The van der Waals surface area contributed by atoms with Crippen LogP contribution >= 0.6 is 0 Å². The maximum Gasteiger partial charge on any atom is 0.158 e. The van der Waals surface area contributed by atoms with Gasteiger partial charge in [0.2, 0.25) is 0 Å². The van der Waals surface area contributed by atoms with Crippen molar-refractivity contribution < 1.29 is 0 Å². The number of allylic oxidation sites excluding steroid dienone is 3. The van der Waals surface area contributed by atoms with Crippen molar-refractivity contribution in [2.24, 2.45) is 5.41 Å². The van der Waals surface area contributed by atoms with Crippen molar-refractivity contribution in [3.63, 3.8) is 0 Å². The number of nitrogens with zero attached hydrogens (tertiary/aromatic N) is 3. The van der Waals surface area contributed by atoms with Gasteiger partial charge in [0, 0.05) is 17.9 Å². The quantitative estimate of drug-likeness (QED) is 0.516. The van der Waals surface area contributed by atoms with Crippen molar-refractivity contribution >= 4 is 17.2 Å². The number of hydrogen-bond donors (Lipinski definition) is 0. The number of fused-ring (bicyclic) bond motifs is 1. The molecule has 5 rings (SSSR count). The first kappa shape index (κ1) is 19.4. The maximum atomic E-state index is 4.85. The van der Waals surface area contributed by atoms with Gasteiger partial charge in [0.25, 0.3) is 0 Å². The molecule has 2 heterocycles. The van der Waals surface area contributed by atoms with E-state index in [0.717, 1.165) is 5.82 Å². The fourth-order valence-corrected chi connectivity index (χ4v) is 5.82. The highest BCUT2D eigenvalue weighted by Crippen LogP contribution is 2.52. The van der Waals surface area contributed by atoms with Crippen LogP contribution in [0.5, 0.6) is 0 Å². The van der Waals surface area contributed by atoms with E-state index in [1.807, 2.05) is 6.20 Å². The summed E-state index contributed by atoms with van der Waals surface area (Å²) in [5.74, 6) is 1.08. The Kier molecular flexibility index (Phi) is 4.92. The normalized spacial score (nSPS) is 25.7. The predicted molar refractivity (Wildman–Crippen MR) is 126 cm³/mol. The summed E-state index contributed by atoms with van der Waals surface area (Å²) >= 11 is 0. The summed E-state index contributed by atoms with van der Waals surface area (Å²) in [5, 5.41) is 0. The second-order valence-corrected chi connectivity index (χ2v) is 9.44. The van der Waals surface area contributed by atoms with Crippen molar-refractivity contribution in [2.45, 2.75) is 71.5 Å². The van der Waals surface area contributed by atoms with E-state index in [4.69, 9.17) is 4.98 Å². The van der Waals surface area contributed by atoms with Crippen LogP contribution < -0.4 is 9.80 Å². The molecule has 30 heavy (non-hydrogen) atoms. The van der Waals surface area contributed by atoms with Gasteiger partial charge in [-0.3, -0.25) is 4.90 Å². The lowest BCUT2D eigenvalue weighted by Crippen LogP contribution is -2.47. The van der Waals surface area contributed by atoms with Gasteiger partial charge < -0.3 is 4.90 Å². The van der Waals surface area contributed by atoms with Gasteiger partial charge >= 0.3 is 0 Å². The highest BCUT2D eigenvalue weighted by atomic mass is 15.5. The maximum absolute atomic E-state index is 4.85. The summed E-state index contributed by atoms with van der Waals surface area (Å²) in [6.07, 6.45) is 14.8. The lowest BCUT2D eigenvalue weighted by molar-refractivity contribution is 0.319. The van der Waals surface area contributed by atoms with E-state index in [1.165, 1.54) is 49.9 Å². The Morgan fingerprint density at radius 1 is 1.10 bits per heavy atom. The van der Waals surface area contributed by atoms with Gasteiger partial charge in [0.15, 0.2) is 5.82 Å². The molecule has 3 aliphatic rings. The summed E-state index contributed by atoms with van der Waals surface area (Å²) in [5.41, 5.74) is 6.06. The summed E-state index contributed by atoms with van der Waals surface area (Å²) in [6.45, 7) is 6.92. The van der Waals surface area contributed by atoms with Crippen LogP contribution in [0.15, 0.2) is 72.0 Å². The molecule has 3 heteroatoms. The van der Waals surface area contributed by atoms with E-state index in [2.05, 4.69) is 85.2 Å². The van der Waals surface area contributed by atoms with Gasteiger partial charge in [0.1, 0.15) is 6.17 Å². The van der Waals surface area contributed by atoms with Gasteiger partial charge in [-0.25, -0.2) is 4.98 Å². The van der Waals surface area contributed by atoms with Crippen LogP contribution in [0.3, 0.4) is 0 Å². The number of hydrogen-bond acceptors (Lipinski definition) is 3. The molecule has 1 aromatic carbocycles. The Hall–Kier alpha value is -2.55. The lowest BCUT2D eigenvalue weighted by atomic mass is 9.73. The molecule has 1 aliphatic heterocycles. The minimum Gasteiger partial charge on any atom is -0.342 e. The van der Waals surface area contributed by atoms with E-state index in [0.29, 0.717) is 11.5 Å². The second kappa shape index (κ2) is 7.61. The molecule has 0 N–H and O–H groups in total. The number of rotatable bonds is 4. The summed E-state index contributed by atoms with van der Waals surface area (Å²) in [4.78, 5) is 9.91. The Morgan fingerprint density at radius 3 is 2.67 bits per heavy atom. The van der Waals surface area contributed by atoms with Gasteiger partial charge in [-0.05, 0) is 87.6 Å². The molecule has 2 aliphatic carbocycles. The van der Waals surface area contributed by atoms with Gasteiger partial charge in [0.05, 0.1) is 5.69 Å². The first-order valence-electron chi connectivity index (χ1n) is 11.6. The highest BCUT2D eigenvalue weighted by Gasteiger charge is 2.44. The summed E-state index contributed by atoms with van der Waals surface area (Å²) in [7, 11) is 0. The Labute approximate surface area is 181 Å². The zero-order chi connectivity index (χ0) is 20.7. The molecule has 1 spiro atoms. The van der Waals surface area contributed by atoms with E-state index < -0.39 is 0 Å². The average Bonchev–Trinajstić information content (AvgIpc) is 3.33. The van der Waals surface area contributed by atoms with Gasteiger partial charge in [-0.1, -0.05) is 42.8 Å². The zero-order valence-electron chi connectivity index (χ0n) is 18.5. The van der Waals surface area contributed by atoms with Crippen molar-refractivity contribution in [3.05, 3.63) is 72.0 Å². The fraction of sp³-hybridized carbons (Fsp3) is 0.444. The van der Waals surface area contributed by atoms with Gasteiger partial charge in [-0.15, -0.1) is 0 Å². The Bertz CT molecular complexity index is 975. The topological polar surface area (TPSA) is 19.4 Å². The SMILES string of the molecule is CCC1=CC2(CCC=C(C3N(c4ccccc4)c4ncccc4N3C(C)C)C2)CC1. The second-order valence-electron chi connectivity index (χ2n) is 9.44. The first-order chi connectivity index (χ1) is 14.6. The first-order valence-corrected chi connectivity index (χ1v) is 11.6. The third-order valence-corrected chi connectivity index (χ3v) is 7.22. The highest BCUT2D eigenvalue weighted by molar-refractivity contribution is 5.82. The smallest absolute Gasteiger partial charge is 0.158 e. The van der Waals surface area contributed by atoms with Crippen LogP contribution in [0.2, 0.25) is 0 Å². The molecule has 2 atom stereocenters. The molecule has 156 valence electrons. The molecular weight excluding hydrogens is 366 g/mol. The van der Waals surface area contributed by atoms with Crippen LogP contribution in [0.1, 0.15) is 59.3 Å². The van der Waals surface area contributed by atoms with Crippen LogP contribution in [0, 0.1) is 5.41 Å². The van der Waals surface area contributed by atoms with E-state index in [-0.39, 0.29) is 6.17 Å². The number of aromatic nitrogens is 1. The third kappa shape index (κ3) is 3.15. The number of para-hydroxylation sites is 1. The minimum atomic E-state index is 0.202. The fourth-order valence-electron chi connectivity index (χ4n) is 5.82. The molecule has 2 unspecified atom stereocenters. The molecule has 0 fully saturated rings. The standard InChI is InChI=1S/C27H33N3/c1-4-21-14-16-27(18-21)15-8-10-22(19-27)26-29(20(2)3)24-13-9-17-28-25(24)30(26)23-11-6-5-7-12-23/h5-7,9-13,17-18,20,26H,4,8,14-16,19H2,1-3H3. The Morgan fingerprint density at radius 2 is 1.93 bits per heavy atom. The monoisotopic (exact) mass is 399 g/mol. The number of benzene rings is 1. The van der Waals surface area contributed by atoms with Gasteiger partial charge in [-0.2, -0.15) is 0 Å². The van der Waals surface area contributed by atoms with Crippen molar-refractivity contribution in [1.82, 2.24) is 4.98 Å². The number of anilines is 3. The average molecular weight is 400 g/mol. The van der Waals surface area contributed by atoms with Crippen molar-refractivity contribution in [1.29, 1.82) is 0 Å². The molecule has 0 radical (unpaired) electrons. The van der Waals surface area contributed by atoms with Crippen LogP contribution in [-0.4, -0.2) is 17.2 Å². The molecule has 0 bridgehead atoms. The minimum absolute atomic E-state index is 0.202. The molecule has 3 nitrogen and oxygen atoms in total.